The van der Waals surface area contributed by atoms with E-state index >= 15 is 0 Å². The number of aryl methyl sites for hydroxylation is 1. The molecule has 1 saturated heterocycles. The lowest BCUT2D eigenvalue weighted by molar-refractivity contribution is -0.121. The second-order valence-electron chi connectivity index (χ2n) is 6.38. The first kappa shape index (κ1) is 18.4. The molecule has 7 nitrogen and oxygen atoms in total. The molecule has 2 aromatic rings. The van der Waals surface area contributed by atoms with E-state index in [1.807, 2.05) is 18.5 Å². The molecule has 0 spiro atoms. The largest absolute Gasteiger partial charge is 0.338 e. The standard InChI is InChI=1S/C18H22ClN5O2/c1-3-24-12(2)15(11-21-24)18(26)23-8-6-13(7-9-23)17(25)22-16-5-4-14(19)10-20-16/h4-5,10-11,13H,3,6-9H2,1-2H3,(H,20,22,25). The predicted molar refractivity (Wildman–Crippen MR) is 99.1 cm³/mol. The van der Waals surface area contributed by atoms with Crippen LogP contribution in [0.15, 0.2) is 24.5 Å². The van der Waals surface area contributed by atoms with Crippen molar-refractivity contribution in [3.05, 3.63) is 40.8 Å². The summed E-state index contributed by atoms with van der Waals surface area (Å²) in [6, 6.07) is 3.36. The monoisotopic (exact) mass is 375 g/mol. The zero-order valence-corrected chi connectivity index (χ0v) is 15.7. The lowest BCUT2D eigenvalue weighted by Gasteiger charge is -2.31. The van der Waals surface area contributed by atoms with Gasteiger partial charge in [-0.2, -0.15) is 5.10 Å². The topological polar surface area (TPSA) is 80.1 Å². The molecule has 26 heavy (non-hydrogen) atoms. The van der Waals surface area contributed by atoms with Gasteiger partial charge in [0.1, 0.15) is 5.82 Å². The Morgan fingerprint density at radius 1 is 1.27 bits per heavy atom. The number of nitrogens with one attached hydrogen (secondary N) is 1. The quantitative estimate of drug-likeness (QED) is 0.891. The molecule has 0 bridgehead atoms. The minimum atomic E-state index is -0.129. The second-order valence-corrected chi connectivity index (χ2v) is 6.81. The van der Waals surface area contributed by atoms with E-state index in [-0.39, 0.29) is 17.7 Å². The highest BCUT2D eigenvalue weighted by atomic mass is 35.5. The number of rotatable bonds is 4. The van der Waals surface area contributed by atoms with Gasteiger partial charge in [-0.1, -0.05) is 11.6 Å². The molecular weight excluding hydrogens is 354 g/mol. The number of anilines is 1. The first-order valence-corrected chi connectivity index (χ1v) is 9.11. The van der Waals surface area contributed by atoms with Gasteiger partial charge in [0.05, 0.1) is 16.8 Å². The number of pyridine rings is 1. The Morgan fingerprint density at radius 3 is 2.58 bits per heavy atom. The van der Waals surface area contributed by atoms with Gasteiger partial charge in [0, 0.05) is 37.4 Å². The van der Waals surface area contributed by atoms with Crippen molar-refractivity contribution in [2.24, 2.45) is 5.92 Å². The Hall–Kier alpha value is -2.41. The van der Waals surface area contributed by atoms with Gasteiger partial charge in [0.2, 0.25) is 5.91 Å². The summed E-state index contributed by atoms with van der Waals surface area (Å²) in [6.45, 7) is 5.75. The van der Waals surface area contributed by atoms with E-state index in [1.54, 1.807) is 23.2 Å². The van der Waals surface area contributed by atoms with Gasteiger partial charge in [0.15, 0.2) is 0 Å². The average molecular weight is 376 g/mol. The predicted octanol–water partition coefficient (Wildman–Crippen LogP) is 2.75. The number of aromatic nitrogens is 3. The van der Waals surface area contributed by atoms with Crippen LogP contribution in [0.4, 0.5) is 5.82 Å². The second kappa shape index (κ2) is 7.86. The summed E-state index contributed by atoms with van der Waals surface area (Å²) in [5.41, 5.74) is 1.52. The molecule has 138 valence electrons. The molecule has 0 unspecified atom stereocenters. The van der Waals surface area contributed by atoms with Crippen LogP contribution in [0.5, 0.6) is 0 Å². The smallest absolute Gasteiger partial charge is 0.257 e. The minimum absolute atomic E-state index is 0.0135. The molecule has 1 aliphatic rings. The summed E-state index contributed by atoms with van der Waals surface area (Å²) in [5.74, 6) is 0.277. The molecule has 0 atom stereocenters. The van der Waals surface area contributed by atoms with Gasteiger partial charge in [-0.15, -0.1) is 0 Å². The van der Waals surface area contributed by atoms with Gasteiger partial charge in [-0.05, 0) is 38.8 Å². The number of carbonyl (C=O) groups is 2. The Kier molecular flexibility index (Phi) is 5.56. The lowest BCUT2D eigenvalue weighted by Crippen LogP contribution is -2.41. The van der Waals surface area contributed by atoms with Crippen LogP contribution in [-0.2, 0) is 11.3 Å². The van der Waals surface area contributed by atoms with Crippen molar-refractivity contribution >= 4 is 29.2 Å². The fourth-order valence-electron chi connectivity index (χ4n) is 3.17. The third-order valence-corrected chi connectivity index (χ3v) is 4.99. The summed E-state index contributed by atoms with van der Waals surface area (Å²) in [6.07, 6.45) is 4.39. The van der Waals surface area contributed by atoms with Crippen LogP contribution in [0.25, 0.3) is 0 Å². The fraction of sp³-hybridized carbons (Fsp3) is 0.444. The maximum Gasteiger partial charge on any atom is 0.257 e. The molecule has 0 aliphatic carbocycles. The summed E-state index contributed by atoms with van der Waals surface area (Å²) >= 11 is 5.80. The van der Waals surface area contributed by atoms with E-state index in [4.69, 9.17) is 11.6 Å². The number of halogens is 1. The highest BCUT2D eigenvalue weighted by Crippen LogP contribution is 2.22. The van der Waals surface area contributed by atoms with Crippen molar-refractivity contribution < 1.29 is 9.59 Å². The van der Waals surface area contributed by atoms with Crippen molar-refractivity contribution in [1.29, 1.82) is 0 Å². The minimum Gasteiger partial charge on any atom is -0.338 e. The summed E-state index contributed by atoms with van der Waals surface area (Å²) in [5, 5.41) is 7.57. The van der Waals surface area contributed by atoms with E-state index in [0.29, 0.717) is 42.3 Å². The molecule has 8 heteroatoms. The molecule has 2 aromatic heterocycles. The molecule has 3 heterocycles. The zero-order chi connectivity index (χ0) is 18.7. The maximum atomic E-state index is 12.7. The summed E-state index contributed by atoms with van der Waals surface area (Å²) in [4.78, 5) is 31.0. The molecule has 1 N–H and O–H groups in total. The van der Waals surface area contributed by atoms with Crippen LogP contribution in [0.1, 0.15) is 35.8 Å². The van der Waals surface area contributed by atoms with E-state index in [2.05, 4.69) is 15.4 Å². The van der Waals surface area contributed by atoms with Crippen molar-refractivity contribution in [1.82, 2.24) is 19.7 Å². The van der Waals surface area contributed by atoms with E-state index < -0.39 is 0 Å². The molecule has 2 amide bonds. The molecule has 0 radical (unpaired) electrons. The van der Waals surface area contributed by atoms with Crippen LogP contribution in [0.2, 0.25) is 5.02 Å². The first-order chi connectivity index (χ1) is 12.5. The number of carbonyl (C=O) groups excluding carboxylic acids is 2. The van der Waals surface area contributed by atoms with E-state index in [0.717, 1.165) is 12.2 Å². The normalized spacial score (nSPS) is 15.1. The van der Waals surface area contributed by atoms with Crippen molar-refractivity contribution in [2.75, 3.05) is 18.4 Å². The Balaban J connectivity index is 1.56. The first-order valence-electron chi connectivity index (χ1n) is 8.73. The van der Waals surface area contributed by atoms with Crippen LogP contribution >= 0.6 is 11.6 Å². The molecule has 1 aliphatic heterocycles. The Bertz CT molecular complexity index is 794. The SMILES string of the molecule is CCn1ncc(C(=O)N2CCC(C(=O)Nc3ccc(Cl)cn3)CC2)c1C. The highest BCUT2D eigenvalue weighted by molar-refractivity contribution is 6.30. The van der Waals surface area contributed by atoms with Crippen LogP contribution in [-0.4, -0.2) is 44.6 Å². The van der Waals surface area contributed by atoms with Crippen LogP contribution < -0.4 is 5.32 Å². The zero-order valence-electron chi connectivity index (χ0n) is 14.9. The summed E-state index contributed by atoms with van der Waals surface area (Å²) < 4.78 is 1.81. The third kappa shape index (κ3) is 3.88. The number of piperidine rings is 1. The number of hydrogen-bond donors (Lipinski definition) is 1. The molecule has 3 rings (SSSR count). The van der Waals surface area contributed by atoms with Crippen LogP contribution in [0.3, 0.4) is 0 Å². The Morgan fingerprint density at radius 2 is 2.00 bits per heavy atom. The number of hydrogen-bond acceptors (Lipinski definition) is 4. The lowest BCUT2D eigenvalue weighted by atomic mass is 9.95. The fourth-order valence-corrected chi connectivity index (χ4v) is 3.28. The summed E-state index contributed by atoms with van der Waals surface area (Å²) in [7, 11) is 0. The highest BCUT2D eigenvalue weighted by Gasteiger charge is 2.29. The molecule has 0 aromatic carbocycles. The van der Waals surface area contributed by atoms with Gasteiger partial charge >= 0.3 is 0 Å². The van der Waals surface area contributed by atoms with Gasteiger partial charge < -0.3 is 10.2 Å². The van der Waals surface area contributed by atoms with Crippen LogP contribution in [0, 0.1) is 12.8 Å². The number of amides is 2. The van der Waals surface area contributed by atoms with Gasteiger partial charge in [0.25, 0.3) is 5.91 Å². The van der Waals surface area contributed by atoms with Crippen molar-refractivity contribution in [2.45, 2.75) is 33.2 Å². The van der Waals surface area contributed by atoms with Crippen molar-refractivity contribution in [3.63, 3.8) is 0 Å². The maximum absolute atomic E-state index is 12.7. The Labute approximate surface area is 157 Å². The number of nitrogens with zero attached hydrogens (tertiary/aromatic N) is 4. The molecule has 1 fully saturated rings. The number of likely N-dealkylation sites (tertiary alicyclic amines) is 1. The van der Waals surface area contributed by atoms with E-state index in [9.17, 15) is 9.59 Å². The van der Waals surface area contributed by atoms with Gasteiger partial charge in [-0.25, -0.2) is 4.98 Å². The van der Waals surface area contributed by atoms with E-state index in [1.165, 1.54) is 6.20 Å². The average Bonchev–Trinajstić information content (AvgIpc) is 3.03. The molecule has 0 saturated carbocycles. The molecular formula is C18H22ClN5O2. The van der Waals surface area contributed by atoms with Crippen molar-refractivity contribution in [3.8, 4) is 0 Å². The third-order valence-electron chi connectivity index (χ3n) is 4.76. The van der Waals surface area contributed by atoms with Gasteiger partial charge in [-0.3, -0.25) is 14.3 Å².